The van der Waals surface area contributed by atoms with Gasteiger partial charge in [0.1, 0.15) is 5.82 Å². The lowest BCUT2D eigenvalue weighted by Crippen LogP contribution is -2.49. The van der Waals surface area contributed by atoms with Crippen molar-refractivity contribution < 1.29 is 13.9 Å². The van der Waals surface area contributed by atoms with E-state index in [9.17, 15) is 9.18 Å². The molecular formula is C13H15BrFNO2. The lowest BCUT2D eigenvalue weighted by molar-refractivity contribution is 0.0422. The van der Waals surface area contributed by atoms with E-state index in [4.69, 9.17) is 4.74 Å². The molecule has 1 aliphatic heterocycles. The third kappa shape index (κ3) is 3.09. The second-order valence-corrected chi connectivity index (χ2v) is 5.67. The van der Waals surface area contributed by atoms with Crippen LogP contribution in [0.4, 0.5) is 4.39 Å². The number of amides is 1. The first-order valence-electron chi connectivity index (χ1n) is 5.85. The fraction of sp³-hybridized carbons (Fsp3) is 0.462. The van der Waals surface area contributed by atoms with Crippen LogP contribution in [0.1, 0.15) is 30.1 Å². The van der Waals surface area contributed by atoms with Crippen molar-refractivity contribution in [3.8, 4) is 0 Å². The van der Waals surface area contributed by atoms with Crippen molar-refractivity contribution in [2.24, 2.45) is 0 Å². The van der Waals surface area contributed by atoms with E-state index in [1.54, 1.807) is 6.07 Å². The standard InChI is InChI=1S/C13H15BrFNO2/c1-13(4-6-18-7-5-13)16-12(17)10-3-2-9(14)8-11(10)15/h2-3,8H,4-7H2,1H3,(H,16,17). The Labute approximate surface area is 114 Å². The first-order chi connectivity index (χ1) is 8.50. The number of hydrogen-bond donors (Lipinski definition) is 1. The van der Waals surface area contributed by atoms with E-state index in [-0.39, 0.29) is 17.0 Å². The van der Waals surface area contributed by atoms with E-state index in [0.29, 0.717) is 17.7 Å². The van der Waals surface area contributed by atoms with Crippen molar-refractivity contribution in [3.05, 3.63) is 34.1 Å². The average Bonchev–Trinajstić information content (AvgIpc) is 2.28. The Morgan fingerprint density at radius 2 is 2.11 bits per heavy atom. The van der Waals surface area contributed by atoms with E-state index in [1.165, 1.54) is 12.1 Å². The summed E-state index contributed by atoms with van der Waals surface area (Å²) in [7, 11) is 0. The van der Waals surface area contributed by atoms with Gasteiger partial charge in [-0.05, 0) is 38.0 Å². The van der Waals surface area contributed by atoms with Crippen LogP contribution >= 0.6 is 15.9 Å². The molecule has 0 aliphatic carbocycles. The molecule has 2 rings (SSSR count). The first-order valence-corrected chi connectivity index (χ1v) is 6.65. The average molecular weight is 316 g/mol. The Kier molecular flexibility index (Phi) is 4.02. The highest BCUT2D eigenvalue weighted by Gasteiger charge is 2.29. The molecule has 0 aromatic heterocycles. The van der Waals surface area contributed by atoms with Gasteiger partial charge in [0, 0.05) is 23.2 Å². The Balaban J connectivity index is 2.11. The molecule has 0 saturated carbocycles. The van der Waals surface area contributed by atoms with Crippen LogP contribution in [0.5, 0.6) is 0 Å². The predicted molar refractivity (Wildman–Crippen MR) is 70.0 cm³/mol. The molecule has 0 radical (unpaired) electrons. The van der Waals surface area contributed by atoms with Crippen molar-refractivity contribution in [2.45, 2.75) is 25.3 Å². The summed E-state index contributed by atoms with van der Waals surface area (Å²) < 4.78 is 19.5. The summed E-state index contributed by atoms with van der Waals surface area (Å²) >= 11 is 3.17. The van der Waals surface area contributed by atoms with Gasteiger partial charge in [-0.15, -0.1) is 0 Å². The normalized spacial score (nSPS) is 18.4. The number of carbonyl (C=O) groups is 1. The molecule has 1 aliphatic rings. The maximum absolute atomic E-state index is 13.7. The molecule has 18 heavy (non-hydrogen) atoms. The van der Waals surface area contributed by atoms with Gasteiger partial charge in [-0.1, -0.05) is 15.9 Å². The van der Waals surface area contributed by atoms with Gasteiger partial charge >= 0.3 is 0 Å². The first kappa shape index (κ1) is 13.5. The van der Waals surface area contributed by atoms with Gasteiger partial charge < -0.3 is 10.1 Å². The SMILES string of the molecule is CC1(NC(=O)c2ccc(Br)cc2F)CCOCC1. The molecule has 0 bridgehead atoms. The van der Waals surface area contributed by atoms with E-state index < -0.39 is 5.82 Å². The summed E-state index contributed by atoms with van der Waals surface area (Å²) in [6, 6.07) is 4.43. The highest BCUT2D eigenvalue weighted by Crippen LogP contribution is 2.21. The fourth-order valence-corrected chi connectivity index (χ4v) is 2.30. The van der Waals surface area contributed by atoms with Crippen LogP contribution < -0.4 is 5.32 Å². The lowest BCUT2D eigenvalue weighted by Gasteiger charge is -2.34. The Hall–Kier alpha value is -0.940. The van der Waals surface area contributed by atoms with Crippen LogP contribution in [-0.4, -0.2) is 24.7 Å². The smallest absolute Gasteiger partial charge is 0.254 e. The van der Waals surface area contributed by atoms with Crippen LogP contribution in [0.3, 0.4) is 0 Å². The highest BCUT2D eigenvalue weighted by atomic mass is 79.9. The molecule has 0 unspecified atom stereocenters. The van der Waals surface area contributed by atoms with Crippen LogP contribution in [-0.2, 0) is 4.74 Å². The molecule has 1 aromatic carbocycles. The Morgan fingerprint density at radius 1 is 1.44 bits per heavy atom. The summed E-state index contributed by atoms with van der Waals surface area (Å²) in [5.41, 5.74) is -0.236. The van der Waals surface area contributed by atoms with Gasteiger partial charge in [0.05, 0.1) is 5.56 Å². The molecule has 1 N–H and O–H groups in total. The van der Waals surface area contributed by atoms with Crippen molar-refractivity contribution in [1.82, 2.24) is 5.32 Å². The van der Waals surface area contributed by atoms with Crippen molar-refractivity contribution in [3.63, 3.8) is 0 Å². The van der Waals surface area contributed by atoms with E-state index in [0.717, 1.165) is 12.8 Å². The topological polar surface area (TPSA) is 38.3 Å². The molecule has 98 valence electrons. The molecule has 0 atom stereocenters. The summed E-state index contributed by atoms with van der Waals surface area (Å²) in [6.45, 7) is 3.21. The zero-order valence-corrected chi connectivity index (χ0v) is 11.7. The largest absolute Gasteiger partial charge is 0.381 e. The molecule has 1 saturated heterocycles. The van der Waals surface area contributed by atoms with E-state index in [2.05, 4.69) is 21.2 Å². The molecule has 1 aromatic rings. The quantitative estimate of drug-likeness (QED) is 0.911. The van der Waals surface area contributed by atoms with E-state index in [1.807, 2.05) is 6.92 Å². The molecular weight excluding hydrogens is 301 g/mol. The molecule has 1 amide bonds. The van der Waals surface area contributed by atoms with Crippen LogP contribution in [0, 0.1) is 5.82 Å². The number of rotatable bonds is 2. The molecule has 1 heterocycles. The number of benzene rings is 1. The van der Waals surface area contributed by atoms with E-state index >= 15 is 0 Å². The molecule has 3 nitrogen and oxygen atoms in total. The minimum absolute atomic E-state index is 0.0749. The Bertz CT molecular complexity index is 458. The second kappa shape index (κ2) is 5.36. The summed E-state index contributed by atoms with van der Waals surface area (Å²) in [5.74, 6) is -0.887. The van der Waals surface area contributed by atoms with Gasteiger partial charge in [-0.2, -0.15) is 0 Å². The van der Waals surface area contributed by atoms with Gasteiger partial charge in [-0.25, -0.2) is 4.39 Å². The maximum Gasteiger partial charge on any atom is 0.254 e. The number of halogens is 2. The zero-order valence-electron chi connectivity index (χ0n) is 10.1. The lowest BCUT2D eigenvalue weighted by atomic mass is 9.92. The van der Waals surface area contributed by atoms with Crippen molar-refractivity contribution in [1.29, 1.82) is 0 Å². The van der Waals surface area contributed by atoms with Crippen LogP contribution in [0.25, 0.3) is 0 Å². The van der Waals surface area contributed by atoms with Gasteiger partial charge in [0.15, 0.2) is 0 Å². The van der Waals surface area contributed by atoms with Crippen molar-refractivity contribution in [2.75, 3.05) is 13.2 Å². The van der Waals surface area contributed by atoms with Crippen molar-refractivity contribution >= 4 is 21.8 Å². The minimum atomic E-state index is -0.516. The van der Waals surface area contributed by atoms with Gasteiger partial charge in [-0.3, -0.25) is 4.79 Å². The third-order valence-electron chi connectivity index (χ3n) is 3.19. The molecule has 5 heteroatoms. The summed E-state index contributed by atoms with van der Waals surface area (Å²) in [4.78, 5) is 12.0. The summed E-state index contributed by atoms with van der Waals surface area (Å²) in [6.07, 6.45) is 1.49. The number of ether oxygens (including phenoxy) is 1. The maximum atomic E-state index is 13.7. The molecule has 0 spiro atoms. The number of nitrogens with one attached hydrogen (secondary N) is 1. The van der Waals surface area contributed by atoms with Crippen LogP contribution in [0.2, 0.25) is 0 Å². The number of carbonyl (C=O) groups excluding carboxylic acids is 1. The summed E-state index contributed by atoms with van der Waals surface area (Å²) in [5, 5.41) is 2.90. The predicted octanol–water partition coefficient (Wildman–Crippen LogP) is 2.89. The van der Waals surface area contributed by atoms with Gasteiger partial charge in [0.25, 0.3) is 5.91 Å². The minimum Gasteiger partial charge on any atom is -0.381 e. The third-order valence-corrected chi connectivity index (χ3v) is 3.68. The van der Waals surface area contributed by atoms with Gasteiger partial charge in [0.2, 0.25) is 0 Å². The molecule has 1 fully saturated rings. The zero-order chi connectivity index (χ0) is 13.2. The highest BCUT2D eigenvalue weighted by molar-refractivity contribution is 9.10. The second-order valence-electron chi connectivity index (χ2n) is 4.75. The monoisotopic (exact) mass is 315 g/mol. The number of hydrogen-bond acceptors (Lipinski definition) is 2. The van der Waals surface area contributed by atoms with Crippen LogP contribution in [0.15, 0.2) is 22.7 Å². The Morgan fingerprint density at radius 3 is 2.72 bits per heavy atom. The fourth-order valence-electron chi connectivity index (χ4n) is 1.96.